The number of alkyl halides is 3. The Balaban J connectivity index is 1.64. The first-order valence-electron chi connectivity index (χ1n) is 8.92. The predicted molar refractivity (Wildman–Crippen MR) is 104 cm³/mol. The molecule has 0 radical (unpaired) electrons. The van der Waals surface area contributed by atoms with Gasteiger partial charge in [0.2, 0.25) is 0 Å². The molecule has 2 aromatic carbocycles. The molecule has 3 nitrogen and oxygen atoms in total. The standard InChI is InChI=1S/C22H17F4N3/c1-28(14-15-2-8-18(23)9-3-15)19-10-11-29-21(12-19)20(13-27-29)16-4-6-17(7-5-16)22(24,25)26/h2-13H,14H2,1H3. The topological polar surface area (TPSA) is 20.5 Å². The predicted octanol–water partition coefficient (Wildman–Crippen LogP) is 5.80. The van der Waals surface area contributed by atoms with Crippen LogP contribution in [0, 0.1) is 5.82 Å². The Bertz CT molecular complexity index is 1130. The van der Waals surface area contributed by atoms with Gasteiger partial charge in [0.25, 0.3) is 0 Å². The van der Waals surface area contributed by atoms with Crippen LogP contribution in [0.25, 0.3) is 16.6 Å². The van der Waals surface area contributed by atoms with Crippen molar-refractivity contribution in [2.45, 2.75) is 12.7 Å². The molecule has 0 unspecified atom stereocenters. The van der Waals surface area contributed by atoms with Crippen LogP contribution in [-0.2, 0) is 12.7 Å². The van der Waals surface area contributed by atoms with E-state index in [1.165, 1.54) is 24.3 Å². The average molecular weight is 399 g/mol. The SMILES string of the molecule is CN(Cc1ccc(F)cc1)c1ccn2ncc(-c3ccc(C(F)(F)F)cc3)c2c1. The van der Waals surface area contributed by atoms with Gasteiger partial charge in [0.05, 0.1) is 17.3 Å². The van der Waals surface area contributed by atoms with Crippen LogP contribution in [0.4, 0.5) is 23.2 Å². The van der Waals surface area contributed by atoms with Crippen LogP contribution in [0.5, 0.6) is 0 Å². The lowest BCUT2D eigenvalue weighted by Crippen LogP contribution is -2.16. The Labute approximate surface area is 164 Å². The Morgan fingerprint density at radius 2 is 1.66 bits per heavy atom. The second-order valence-electron chi connectivity index (χ2n) is 6.83. The zero-order valence-corrected chi connectivity index (χ0v) is 15.5. The summed E-state index contributed by atoms with van der Waals surface area (Å²) in [6, 6.07) is 15.2. The van der Waals surface area contributed by atoms with Gasteiger partial charge in [-0.05, 0) is 47.5 Å². The third-order valence-electron chi connectivity index (χ3n) is 4.80. The normalized spacial score (nSPS) is 11.8. The molecule has 0 fully saturated rings. The van der Waals surface area contributed by atoms with Crippen molar-refractivity contribution in [3.05, 3.63) is 90.0 Å². The number of aromatic nitrogens is 2. The Morgan fingerprint density at radius 3 is 2.31 bits per heavy atom. The molecule has 4 aromatic rings. The summed E-state index contributed by atoms with van der Waals surface area (Å²) in [5.41, 5.74) is 3.38. The number of anilines is 1. The van der Waals surface area contributed by atoms with Crippen molar-refractivity contribution in [1.82, 2.24) is 9.61 Å². The van der Waals surface area contributed by atoms with Crippen LogP contribution in [0.3, 0.4) is 0 Å². The molecule has 0 aliphatic rings. The maximum atomic E-state index is 13.1. The van der Waals surface area contributed by atoms with Crippen LogP contribution < -0.4 is 4.90 Å². The van der Waals surface area contributed by atoms with Gasteiger partial charge in [-0.1, -0.05) is 24.3 Å². The second-order valence-corrected chi connectivity index (χ2v) is 6.83. The van der Waals surface area contributed by atoms with Crippen molar-refractivity contribution in [1.29, 1.82) is 0 Å². The fourth-order valence-electron chi connectivity index (χ4n) is 3.22. The summed E-state index contributed by atoms with van der Waals surface area (Å²) in [4.78, 5) is 2.01. The highest BCUT2D eigenvalue weighted by Gasteiger charge is 2.30. The number of pyridine rings is 1. The number of hydrogen-bond donors (Lipinski definition) is 0. The van der Waals surface area contributed by atoms with Crippen LogP contribution in [0.15, 0.2) is 73.1 Å². The molecule has 0 amide bonds. The van der Waals surface area contributed by atoms with E-state index in [1.54, 1.807) is 29.0 Å². The summed E-state index contributed by atoms with van der Waals surface area (Å²) in [6.07, 6.45) is -0.920. The quantitative estimate of drug-likeness (QED) is 0.405. The fourth-order valence-corrected chi connectivity index (χ4v) is 3.22. The van der Waals surface area contributed by atoms with Crippen molar-refractivity contribution in [3.63, 3.8) is 0 Å². The van der Waals surface area contributed by atoms with Crippen molar-refractivity contribution in [2.75, 3.05) is 11.9 Å². The minimum atomic E-state index is -4.37. The maximum absolute atomic E-state index is 13.1. The Morgan fingerprint density at radius 1 is 0.966 bits per heavy atom. The molecule has 0 aliphatic heterocycles. The molecule has 0 saturated heterocycles. The van der Waals surface area contributed by atoms with Crippen LogP contribution in [-0.4, -0.2) is 16.7 Å². The highest BCUT2D eigenvalue weighted by molar-refractivity contribution is 5.82. The molecule has 29 heavy (non-hydrogen) atoms. The van der Waals surface area contributed by atoms with E-state index in [0.29, 0.717) is 12.1 Å². The van der Waals surface area contributed by atoms with E-state index in [0.717, 1.165) is 34.5 Å². The second kappa shape index (κ2) is 7.24. The molecule has 2 aromatic heterocycles. The third kappa shape index (κ3) is 3.94. The van der Waals surface area contributed by atoms with Gasteiger partial charge in [-0.3, -0.25) is 0 Å². The fraction of sp³-hybridized carbons (Fsp3) is 0.136. The monoisotopic (exact) mass is 399 g/mol. The van der Waals surface area contributed by atoms with Gasteiger partial charge in [-0.25, -0.2) is 8.91 Å². The zero-order valence-electron chi connectivity index (χ0n) is 15.5. The van der Waals surface area contributed by atoms with Gasteiger partial charge in [-0.15, -0.1) is 0 Å². The third-order valence-corrected chi connectivity index (χ3v) is 4.80. The summed E-state index contributed by atoms with van der Waals surface area (Å²) in [5, 5.41) is 4.29. The summed E-state index contributed by atoms with van der Waals surface area (Å²) in [5.74, 6) is -0.279. The van der Waals surface area contributed by atoms with Gasteiger partial charge in [0.1, 0.15) is 5.82 Å². The van der Waals surface area contributed by atoms with Gasteiger partial charge in [0, 0.05) is 31.0 Å². The van der Waals surface area contributed by atoms with Gasteiger partial charge in [0.15, 0.2) is 0 Å². The van der Waals surface area contributed by atoms with Crippen LogP contribution >= 0.6 is 0 Å². The first kappa shape index (κ1) is 19.0. The number of rotatable bonds is 4. The summed E-state index contributed by atoms with van der Waals surface area (Å²) >= 11 is 0. The van der Waals surface area contributed by atoms with Gasteiger partial charge >= 0.3 is 6.18 Å². The molecule has 0 saturated carbocycles. The number of nitrogens with zero attached hydrogens (tertiary/aromatic N) is 3. The molecule has 0 aliphatic carbocycles. The molecule has 0 spiro atoms. The van der Waals surface area contributed by atoms with E-state index >= 15 is 0 Å². The number of fused-ring (bicyclic) bond motifs is 1. The molecule has 148 valence electrons. The van der Waals surface area contributed by atoms with E-state index < -0.39 is 11.7 Å². The minimum absolute atomic E-state index is 0.279. The highest BCUT2D eigenvalue weighted by atomic mass is 19.4. The largest absolute Gasteiger partial charge is 0.416 e. The average Bonchev–Trinajstić information content (AvgIpc) is 3.12. The van der Waals surface area contributed by atoms with Crippen LogP contribution in [0.2, 0.25) is 0 Å². The lowest BCUT2D eigenvalue weighted by atomic mass is 10.0. The summed E-state index contributed by atoms with van der Waals surface area (Å²) < 4.78 is 53.2. The lowest BCUT2D eigenvalue weighted by Gasteiger charge is -2.19. The molecule has 7 heteroatoms. The van der Waals surface area contributed by atoms with E-state index in [9.17, 15) is 17.6 Å². The van der Waals surface area contributed by atoms with Crippen LogP contribution in [0.1, 0.15) is 11.1 Å². The number of hydrogen-bond acceptors (Lipinski definition) is 2. The Kier molecular flexibility index (Phi) is 4.74. The molecular weight excluding hydrogens is 382 g/mol. The molecule has 0 N–H and O–H groups in total. The Hall–Kier alpha value is -3.35. The lowest BCUT2D eigenvalue weighted by molar-refractivity contribution is -0.137. The molecule has 4 rings (SSSR count). The van der Waals surface area contributed by atoms with Crippen molar-refractivity contribution >= 4 is 11.2 Å². The first-order valence-corrected chi connectivity index (χ1v) is 8.92. The van der Waals surface area contributed by atoms with E-state index in [-0.39, 0.29) is 5.82 Å². The molecular formula is C22H17F4N3. The molecule has 0 atom stereocenters. The van der Waals surface area contributed by atoms with Gasteiger partial charge < -0.3 is 4.90 Å². The summed E-state index contributed by atoms with van der Waals surface area (Å²) in [7, 11) is 1.92. The van der Waals surface area contributed by atoms with Crippen molar-refractivity contribution in [3.8, 4) is 11.1 Å². The van der Waals surface area contributed by atoms with Crippen molar-refractivity contribution < 1.29 is 17.6 Å². The summed E-state index contributed by atoms with van der Waals surface area (Å²) in [6.45, 7) is 0.584. The zero-order chi connectivity index (χ0) is 20.6. The van der Waals surface area contributed by atoms with Gasteiger partial charge in [-0.2, -0.15) is 18.3 Å². The van der Waals surface area contributed by atoms with E-state index in [4.69, 9.17) is 0 Å². The first-order chi connectivity index (χ1) is 13.8. The highest BCUT2D eigenvalue weighted by Crippen LogP contribution is 2.32. The van der Waals surface area contributed by atoms with Crippen molar-refractivity contribution in [2.24, 2.45) is 0 Å². The minimum Gasteiger partial charge on any atom is -0.370 e. The molecule has 0 bridgehead atoms. The smallest absolute Gasteiger partial charge is 0.370 e. The maximum Gasteiger partial charge on any atom is 0.416 e. The van der Waals surface area contributed by atoms with E-state index in [1.807, 2.05) is 24.1 Å². The van der Waals surface area contributed by atoms with E-state index in [2.05, 4.69) is 5.10 Å². The number of benzene rings is 2. The number of halogens is 4. The molecule has 2 heterocycles.